The Balaban J connectivity index is 2.17. The number of imidazole rings is 1. The number of aromatic nitrogens is 2. The standard InChI is InChI=1S/C14H8BrF3N2/c15-10-6-5-8(14(16,17)18)7-9(10)13-19-11-3-1-2-4-12(11)20-13/h1-7H,(H,19,20). The van der Waals surface area contributed by atoms with Crippen LogP contribution < -0.4 is 0 Å². The van der Waals surface area contributed by atoms with Crippen molar-refractivity contribution in [1.82, 2.24) is 9.97 Å². The summed E-state index contributed by atoms with van der Waals surface area (Å²) in [4.78, 5) is 7.34. The smallest absolute Gasteiger partial charge is 0.338 e. The third-order valence-corrected chi connectivity index (χ3v) is 3.63. The summed E-state index contributed by atoms with van der Waals surface area (Å²) in [7, 11) is 0. The van der Waals surface area contributed by atoms with Crippen LogP contribution in [0.4, 0.5) is 13.2 Å². The maximum absolute atomic E-state index is 12.8. The number of para-hydroxylation sites is 2. The molecular formula is C14H8BrF3N2. The van der Waals surface area contributed by atoms with Crippen molar-refractivity contribution in [2.24, 2.45) is 0 Å². The molecule has 6 heteroatoms. The fourth-order valence-corrected chi connectivity index (χ4v) is 2.40. The van der Waals surface area contributed by atoms with Crippen molar-refractivity contribution >= 4 is 27.0 Å². The van der Waals surface area contributed by atoms with Gasteiger partial charge in [0, 0.05) is 10.0 Å². The molecule has 1 aromatic heterocycles. The molecule has 3 rings (SSSR count). The number of rotatable bonds is 1. The van der Waals surface area contributed by atoms with Crippen molar-refractivity contribution in [3.63, 3.8) is 0 Å². The van der Waals surface area contributed by atoms with Gasteiger partial charge in [-0.25, -0.2) is 4.98 Å². The quantitative estimate of drug-likeness (QED) is 0.662. The summed E-state index contributed by atoms with van der Waals surface area (Å²) in [5.41, 5.74) is 1.19. The zero-order valence-corrected chi connectivity index (χ0v) is 11.6. The predicted octanol–water partition coefficient (Wildman–Crippen LogP) is 5.01. The lowest BCUT2D eigenvalue weighted by Crippen LogP contribution is -2.05. The summed E-state index contributed by atoms with van der Waals surface area (Å²) in [6.07, 6.45) is -4.37. The number of nitrogens with one attached hydrogen (secondary N) is 1. The van der Waals surface area contributed by atoms with Gasteiger partial charge in [-0.1, -0.05) is 28.1 Å². The van der Waals surface area contributed by atoms with Crippen molar-refractivity contribution in [1.29, 1.82) is 0 Å². The summed E-state index contributed by atoms with van der Waals surface area (Å²) in [5.74, 6) is 0.407. The van der Waals surface area contributed by atoms with Crippen LogP contribution in [0.3, 0.4) is 0 Å². The molecule has 0 radical (unpaired) electrons. The lowest BCUT2D eigenvalue weighted by Gasteiger charge is -2.09. The van der Waals surface area contributed by atoms with E-state index >= 15 is 0 Å². The Morgan fingerprint density at radius 2 is 1.80 bits per heavy atom. The molecule has 2 aromatic carbocycles. The average molecular weight is 341 g/mol. The monoisotopic (exact) mass is 340 g/mol. The molecular weight excluding hydrogens is 333 g/mol. The Morgan fingerprint density at radius 1 is 1.05 bits per heavy atom. The summed E-state index contributed by atoms with van der Waals surface area (Å²) >= 11 is 3.26. The van der Waals surface area contributed by atoms with E-state index in [1.807, 2.05) is 18.2 Å². The second-order valence-electron chi connectivity index (χ2n) is 4.29. The fourth-order valence-electron chi connectivity index (χ4n) is 1.96. The van der Waals surface area contributed by atoms with Crippen molar-refractivity contribution in [3.8, 4) is 11.4 Å². The highest BCUT2D eigenvalue weighted by Crippen LogP contribution is 2.35. The first-order valence-electron chi connectivity index (χ1n) is 5.77. The SMILES string of the molecule is FC(F)(F)c1ccc(Br)c(-c2nc3ccccc3[nH]2)c1. The molecule has 0 bridgehead atoms. The van der Waals surface area contributed by atoms with Crippen LogP contribution in [0.15, 0.2) is 46.9 Å². The van der Waals surface area contributed by atoms with Crippen molar-refractivity contribution in [3.05, 3.63) is 52.5 Å². The van der Waals surface area contributed by atoms with Crippen LogP contribution in [0.5, 0.6) is 0 Å². The molecule has 0 aliphatic heterocycles. The zero-order chi connectivity index (χ0) is 14.3. The fraction of sp³-hybridized carbons (Fsp3) is 0.0714. The van der Waals surface area contributed by atoms with E-state index in [-0.39, 0.29) is 0 Å². The number of hydrogen-bond acceptors (Lipinski definition) is 1. The molecule has 1 heterocycles. The van der Waals surface area contributed by atoms with Gasteiger partial charge < -0.3 is 4.98 Å². The Kier molecular flexibility index (Phi) is 3.05. The molecule has 0 fully saturated rings. The maximum Gasteiger partial charge on any atom is 0.416 e. The number of alkyl halides is 3. The second-order valence-corrected chi connectivity index (χ2v) is 5.15. The molecule has 20 heavy (non-hydrogen) atoms. The van der Waals surface area contributed by atoms with Gasteiger partial charge >= 0.3 is 6.18 Å². The predicted molar refractivity (Wildman–Crippen MR) is 74.2 cm³/mol. The molecule has 0 aliphatic carbocycles. The normalized spacial score (nSPS) is 12.0. The molecule has 3 aromatic rings. The highest BCUT2D eigenvalue weighted by atomic mass is 79.9. The Bertz CT molecular complexity index is 744. The van der Waals surface area contributed by atoms with Crippen LogP contribution in [0.1, 0.15) is 5.56 Å². The number of halogens is 4. The van der Waals surface area contributed by atoms with Gasteiger partial charge in [-0.2, -0.15) is 13.2 Å². The highest BCUT2D eigenvalue weighted by molar-refractivity contribution is 9.10. The first kappa shape index (κ1) is 13.2. The molecule has 1 N–H and O–H groups in total. The van der Waals surface area contributed by atoms with Gasteiger partial charge in [0.15, 0.2) is 0 Å². The lowest BCUT2D eigenvalue weighted by molar-refractivity contribution is -0.137. The summed E-state index contributed by atoms with van der Waals surface area (Å²) in [5, 5.41) is 0. The van der Waals surface area contributed by atoms with E-state index in [4.69, 9.17) is 0 Å². The van der Waals surface area contributed by atoms with Crippen molar-refractivity contribution in [2.75, 3.05) is 0 Å². The van der Waals surface area contributed by atoms with Crippen LogP contribution in [0.25, 0.3) is 22.4 Å². The van der Waals surface area contributed by atoms with Crippen molar-refractivity contribution in [2.45, 2.75) is 6.18 Å². The zero-order valence-electron chi connectivity index (χ0n) is 10.0. The third-order valence-electron chi connectivity index (χ3n) is 2.94. The molecule has 0 saturated carbocycles. The topological polar surface area (TPSA) is 28.7 Å². The molecule has 102 valence electrons. The summed E-state index contributed by atoms with van der Waals surface area (Å²) in [6, 6.07) is 10.8. The first-order chi connectivity index (χ1) is 9.45. The van der Waals surface area contributed by atoms with Gasteiger partial charge in [0.1, 0.15) is 5.82 Å². The average Bonchev–Trinajstić information content (AvgIpc) is 2.81. The number of hydrogen-bond donors (Lipinski definition) is 1. The molecule has 0 unspecified atom stereocenters. The minimum atomic E-state index is -4.37. The molecule has 0 atom stereocenters. The summed E-state index contributed by atoms with van der Waals surface area (Å²) < 4.78 is 38.9. The number of benzene rings is 2. The van der Waals surface area contributed by atoms with Crippen LogP contribution in [-0.2, 0) is 6.18 Å². The van der Waals surface area contributed by atoms with E-state index in [0.29, 0.717) is 21.4 Å². The van der Waals surface area contributed by atoms with Crippen molar-refractivity contribution < 1.29 is 13.2 Å². The number of nitrogens with zero attached hydrogens (tertiary/aromatic N) is 1. The maximum atomic E-state index is 12.8. The van der Waals surface area contributed by atoms with Crippen LogP contribution in [-0.4, -0.2) is 9.97 Å². The van der Waals surface area contributed by atoms with Gasteiger partial charge in [-0.05, 0) is 30.3 Å². The number of fused-ring (bicyclic) bond motifs is 1. The van der Waals surface area contributed by atoms with E-state index in [1.54, 1.807) is 6.07 Å². The lowest BCUT2D eigenvalue weighted by atomic mass is 10.1. The largest absolute Gasteiger partial charge is 0.416 e. The van der Waals surface area contributed by atoms with E-state index in [9.17, 15) is 13.2 Å². The molecule has 0 saturated heterocycles. The van der Waals surface area contributed by atoms with Crippen LogP contribution >= 0.6 is 15.9 Å². The summed E-state index contributed by atoms with van der Waals surface area (Å²) in [6.45, 7) is 0. The van der Waals surface area contributed by atoms with Gasteiger partial charge in [0.05, 0.1) is 16.6 Å². The minimum Gasteiger partial charge on any atom is -0.338 e. The van der Waals surface area contributed by atoms with Crippen LogP contribution in [0.2, 0.25) is 0 Å². The first-order valence-corrected chi connectivity index (χ1v) is 6.56. The van der Waals surface area contributed by atoms with E-state index in [1.165, 1.54) is 6.07 Å². The van der Waals surface area contributed by atoms with Gasteiger partial charge in [-0.15, -0.1) is 0 Å². The van der Waals surface area contributed by atoms with Gasteiger partial charge in [-0.3, -0.25) is 0 Å². The van der Waals surface area contributed by atoms with Gasteiger partial charge in [0.2, 0.25) is 0 Å². The third kappa shape index (κ3) is 2.31. The Morgan fingerprint density at radius 3 is 2.50 bits per heavy atom. The number of aromatic amines is 1. The minimum absolute atomic E-state index is 0.385. The molecule has 0 amide bonds. The molecule has 0 aliphatic rings. The number of H-pyrrole nitrogens is 1. The van der Waals surface area contributed by atoms with Gasteiger partial charge in [0.25, 0.3) is 0 Å². The molecule has 0 spiro atoms. The molecule has 2 nitrogen and oxygen atoms in total. The Labute approximate surface area is 120 Å². The van der Waals surface area contributed by atoms with E-state index in [0.717, 1.165) is 17.6 Å². The van der Waals surface area contributed by atoms with E-state index in [2.05, 4.69) is 25.9 Å². The highest BCUT2D eigenvalue weighted by Gasteiger charge is 2.31. The van der Waals surface area contributed by atoms with E-state index < -0.39 is 11.7 Å². The van der Waals surface area contributed by atoms with Crippen LogP contribution in [0, 0.1) is 0 Å². The Hall–Kier alpha value is -1.82. The second kappa shape index (κ2) is 4.63.